The van der Waals surface area contributed by atoms with Crippen LogP contribution >= 0.6 is 0 Å². The summed E-state index contributed by atoms with van der Waals surface area (Å²) < 4.78 is 37.6. The first-order valence-electron chi connectivity index (χ1n) is 5.63. The van der Waals surface area contributed by atoms with Crippen LogP contribution in [0, 0.1) is 6.92 Å². The first-order valence-corrected chi connectivity index (χ1v) is 5.63. The Morgan fingerprint density at radius 3 is 2.55 bits per heavy atom. The Bertz CT molecular complexity index is 624. The van der Waals surface area contributed by atoms with Gasteiger partial charge >= 0.3 is 6.18 Å². The molecule has 104 valence electrons. The summed E-state index contributed by atoms with van der Waals surface area (Å²) in [6, 6.07) is 4.78. The number of aryl methyl sites for hydroxylation is 1. The van der Waals surface area contributed by atoms with Crippen LogP contribution in [0.1, 0.15) is 21.6 Å². The molecule has 7 heteroatoms. The maximum Gasteiger partial charge on any atom is 0.416 e. The van der Waals surface area contributed by atoms with Gasteiger partial charge in [0.25, 0.3) is 5.91 Å². The molecule has 0 saturated heterocycles. The number of hydrogen-bond acceptors (Lipinski definition) is 3. The van der Waals surface area contributed by atoms with E-state index < -0.39 is 17.6 Å². The van der Waals surface area contributed by atoms with Crippen molar-refractivity contribution >= 4 is 11.7 Å². The van der Waals surface area contributed by atoms with Crippen molar-refractivity contribution in [2.24, 2.45) is 0 Å². The first-order chi connectivity index (χ1) is 9.36. The van der Waals surface area contributed by atoms with E-state index in [0.29, 0.717) is 0 Å². The SMILES string of the molecule is Cc1ccc(C(=O)Nc2cc(C(F)(F)F)ccn2)cn1. The average Bonchev–Trinajstić information content (AvgIpc) is 2.38. The van der Waals surface area contributed by atoms with E-state index in [0.717, 1.165) is 24.0 Å². The third-order valence-electron chi connectivity index (χ3n) is 2.50. The summed E-state index contributed by atoms with van der Waals surface area (Å²) in [5.74, 6) is -0.727. The molecule has 0 bridgehead atoms. The predicted molar refractivity (Wildman–Crippen MR) is 66.2 cm³/mol. The molecule has 0 fully saturated rings. The second-order valence-corrected chi connectivity index (χ2v) is 4.07. The van der Waals surface area contributed by atoms with E-state index in [2.05, 4.69) is 15.3 Å². The van der Waals surface area contributed by atoms with Gasteiger partial charge in [-0.15, -0.1) is 0 Å². The van der Waals surface area contributed by atoms with Crippen molar-refractivity contribution in [2.45, 2.75) is 13.1 Å². The van der Waals surface area contributed by atoms with E-state index in [1.807, 2.05) is 0 Å². The van der Waals surface area contributed by atoms with Crippen molar-refractivity contribution in [3.05, 3.63) is 53.5 Å². The van der Waals surface area contributed by atoms with Crippen LogP contribution in [0.25, 0.3) is 0 Å². The van der Waals surface area contributed by atoms with Gasteiger partial charge in [0.2, 0.25) is 0 Å². The molecule has 2 aromatic heterocycles. The van der Waals surface area contributed by atoms with E-state index in [-0.39, 0.29) is 11.4 Å². The lowest BCUT2D eigenvalue weighted by Gasteiger charge is -2.09. The molecule has 1 N–H and O–H groups in total. The zero-order chi connectivity index (χ0) is 14.8. The average molecular weight is 281 g/mol. The van der Waals surface area contributed by atoms with Crippen LogP contribution in [0.4, 0.5) is 19.0 Å². The lowest BCUT2D eigenvalue weighted by molar-refractivity contribution is -0.137. The lowest BCUT2D eigenvalue weighted by Crippen LogP contribution is -2.14. The van der Waals surface area contributed by atoms with Crippen LogP contribution in [0.5, 0.6) is 0 Å². The van der Waals surface area contributed by atoms with Gasteiger partial charge in [-0.1, -0.05) is 0 Å². The zero-order valence-electron chi connectivity index (χ0n) is 10.4. The molecule has 2 heterocycles. The molecule has 0 spiro atoms. The van der Waals surface area contributed by atoms with E-state index in [1.54, 1.807) is 13.0 Å². The maximum atomic E-state index is 12.5. The summed E-state index contributed by atoms with van der Waals surface area (Å²) in [6.45, 7) is 1.76. The molecule has 2 aromatic rings. The molecule has 0 aliphatic rings. The second kappa shape index (κ2) is 5.28. The lowest BCUT2D eigenvalue weighted by atomic mass is 10.2. The maximum absolute atomic E-state index is 12.5. The number of nitrogens with one attached hydrogen (secondary N) is 1. The molecule has 0 aromatic carbocycles. The van der Waals surface area contributed by atoms with E-state index in [1.165, 1.54) is 12.3 Å². The quantitative estimate of drug-likeness (QED) is 0.920. The Kier molecular flexibility index (Phi) is 3.69. The van der Waals surface area contributed by atoms with Gasteiger partial charge in [-0.2, -0.15) is 13.2 Å². The van der Waals surface area contributed by atoms with E-state index >= 15 is 0 Å². The predicted octanol–water partition coefficient (Wildman–Crippen LogP) is 3.06. The van der Waals surface area contributed by atoms with Crippen molar-refractivity contribution < 1.29 is 18.0 Å². The van der Waals surface area contributed by atoms with Crippen molar-refractivity contribution in [3.8, 4) is 0 Å². The fraction of sp³-hybridized carbons (Fsp3) is 0.154. The van der Waals surface area contributed by atoms with Crippen molar-refractivity contribution in [2.75, 3.05) is 5.32 Å². The highest BCUT2D eigenvalue weighted by Gasteiger charge is 2.30. The van der Waals surface area contributed by atoms with Crippen LogP contribution in [0.15, 0.2) is 36.7 Å². The highest BCUT2D eigenvalue weighted by molar-refractivity contribution is 6.03. The minimum Gasteiger partial charge on any atom is -0.307 e. The topological polar surface area (TPSA) is 54.9 Å². The number of amides is 1. The number of anilines is 1. The molecular weight excluding hydrogens is 271 g/mol. The zero-order valence-corrected chi connectivity index (χ0v) is 10.4. The summed E-state index contributed by atoms with van der Waals surface area (Å²) >= 11 is 0. The van der Waals surface area contributed by atoms with Gasteiger partial charge in [0, 0.05) is 18.1 Å². The van der Waals surface area contributed by atoms with E-state index in [4.69, 9.17) is 0 Å². The minimum absolute atomic E-state index is 0.162. The molecule has 4 nitrogen and oxygen atoms in total. The van der Waals surface area contributed by atoms with Crippen LogP contribution in [0.3, 0.4) is 0 Å². The fourth-order valence-electron chi connectivity index (χ4n) is 1.47. The monoisotopic (exact) mass is 281 g/mol. The molecule has 0 radical (unpaired) electrons. The number of aromatic nitrogens is 2. The number of pyridine rings is 2. The first kappa shape index (κ1) is 14.0. The number of nitrogens with zero attached hydrogens (tertiary/aromatic N) is 2. The largest absolute Gasteiger partial charge is 0.416 e. The Hall–Kier alpha value is -2.44. The van der Waals surface area contributed by atoms with Crippen LogP contribution < -0.4 is 5.32 Å². The Morgan fingerprint density at radius 1 is 1.20 bits per heavy atom. The summed E-state index contributed by atoms with van der Waals surface area (Å²) in [6.07, 6.45) is -2.14. The standard InChI is InChI=1S/C13H10F3N3O/c1-8-2-3-9(7-18-8)12(20)19-11-6-10(4-5-17-11)13(14,15)16/h2-7H,1H3,(H,17,19,20). The number of carbonyl (C=O) groups excluding carboxylic acids is 1. The van der Waals surface area contributed by atoms with Gasteiger partial charge < -0.3 is 5.32 Å². The van der Waals surface area contributed by atoms with Gasteiger partial charge in [-0.3, -0.25) is 9.78 Å². The summed E-state index contributed by atoms with van der Waals surface area (Å²) in [4.78, 5) is 19.4. The number of hydrogen-bond donors (Lipinski definition) is 1. The molecule has 0 unspecified atom stereocenters. The van der Waals surface area contributed by atoms with Gasteiger partial charge in [-0.05, 0) is 31.2 Å². The van der Waals surface area contributed by atoms with Crippen molar-refractivity contribution in [1.82, 2.24) is 9.97 Å². The minimum atomic E-state index is -4.48. The Balaban J connectivity index is 2.18. The van der Waals surface area contributed by atoms with Gasteiger partial charge in [-0.25, -0.2) is 4.98 Å². The third kappa shape index (κ3) is 3.31. The second-order valence-electron chi connectivity index (χ2n) is 4.07. The number of halogens is 3. The number of carbonyl (C=O) groups is 1. The van der Waals surface area contributed by atoms with Gasteiger partial charge in [0.1, 0.15) is 5.82 Å². The highest BCUT2D eigenvalue weighted by atomic mass is 19.4. The number of alkyl halides is 3. The number of rotatable bonds is 2. The molecule has 20 heavy (non-hydrogen) atoms. The highest BCUT2D eigenvalue weighted by Crippen LogP contribution is 2.29. The molecule has 1 amide bonds. The van der Waals surface area contributed by atoms with Crippen LogP contribution in [0.2, 0.25) is 0 Å². The molecule has 0 atom stereocenters. The summed E-state index contributed by atoms with van der Waals surface area (Å²) in [5, 5.41) is 2.30. The van der Waals surface area contributed by atoms with Crippen molar-refractivity contribution in [1.29, 1.82) is 0 Å². The Morgan fingerprint density at radius 2 is 1.95 bits per heavy atom. The fourth-order valence-corrected chi connectivity index (χ4v) is 1.47. The van der Waals surface area contributed by atoms with E-state index in [9.17, 15) is 18.0 Å². The normalized spacial score (nSPS) is 11.2. The third-order valence-corrected chi connectivity index (χ3v) is 2.50. The smallest absolute Gasteiger partial charge is 0.307 e. The van der Waals surface area contributed by atoms with Crippen LogP contribution in [-0.4, -0.2) is 15.9 Å². The molecule has 0 aliphatic carbocycles. The van der Waals surface area contributed by atoms with Crippen LogP contribution in [-0.2, 0) is 6.18 Å². The molecular formula is C13H10F3N3O. The molecule has 2 rings (SSSR count). The Labute approximate surface area is 112 Å². The van der Waals surface area contributed by atoms with Crippen molar-refractivity contribution in [3.63, 3.8) is 0 Å². The van der Waals surface area contributed by atoms with Gasteiger partial charge in [0.05, 0.1) is 11.1 Å². The molecule has 0 saturated carbocycles. The molecule has 0 aliphatic heterocycles. The summed E-state index contributed by atoms with van der Waals surface area (Å²) in [7, 11) is 0. The summed E-state index contributed by atoms with van der Waals surface area (Å²) in [5.41, 5.74) is 0.110. The van der Waals surface area contributed by atoms with Gasteiger partial charge in [0.15, 0.2) is 0 Å².